The van der Waals surface area contributed by atoms with E-state index in [0.717, 1.165) is 11.1 Å². The van der Waals surface area contributed by atoms with Gasteiger partial charge in [-0.05, 0) is 23.3 Å². The van der Waals surface area contributed by atoms with Crippen molar-refractivity contribution in [3.8, 4) is 11.5 Å². The highest BCUT2D eigenvalue weighted by atomic mass is 17.2. The van der Waals surface area contributed by atoms with Gasteiger partial charge < -0.3 is 14.2 Å². The largest absolute Gasteiger partial charge is 0.493 e. The smallest absolute Gasteiger partial charge is 0.161 e. The summed E-state index contributed by atoms with van der Waals surface area (Å²) in [6, 6.07) is 16.0. The van der Waals surface area contributed by atoms with Gasteiger partial charge in [0.2, 0.25) is 0 Å². The van der Waals surface area contributed by atoms with Gasteiger partial charge in [-0.15, -0.1) is 0 Å². The normalized spacial score (nSPS) is 28.4. The lowest BCUT2D eigenvalue weighted by atomic mass is 9.81. The average Bonchev–Trinajstić information content (AvgIpc) is 3.17. The highest BCUT2D eigenvalue weighted by Crippen LogP contribution is 2.48. The molecule has 0 aliphatic carbocycles. The Hall–Kier alpha value is -2.08. The molecule has 0 aromatic heterocycles. The molecule has 2 saturated heterocycles. The lowest BCUT2D eigenvalue weighted by Crippen LogP contribution is -2.34. The third-order valence-electron chi connectivity index (χ3n) is 5.08. The molecule has 0 radical (unpaired) electrons. The fourth-order valence-electron chi connectivity index (χ4n) is 3.75. The number of hydrogen-bond acceptors (Lipinski definition) is 5. The van der Waals surface area contributed by atoms with Crippen LogP contribution in [0.4, 0.5) is 0 Å². The number of methoxy groups -OCH3 is 2. The monoisotopic (exact) mass is 342 g/mol. The van der Waals surface area contributed by atoms with Gasteiger partial charge in [0.15, 0.2) is 11.5 Å². The van der Waals surface area contributed by atoms with Crippen LogP contribution < -0.4 is 9.47 Å². The molecule has 5 nitrogen and oxygen atoms in total. The van der Waals surface area contributed by atoms with Gasteiger partial charge in [-0.1, -0.05) is 36.4 Å². The van der Waals surface area contributed by atoms with Crippen LogP contribution in [-0.4, -0.2) is 27.4 Å². The Morgan fingerprint density at radius 3 is 2.04 bits per heavy atom. The Morgan fingerprint density at radius 1 is 0.760 bits per heavy atom. The molecule has 2 aromatic carbocycles. The summed E-state index contributed by atoms with van der Waals surface area (Å²) in [5.74, 6) is 1.87. The third kappa shape index (κ3) is 2.99. The van der Waals surface area contributed by atoms with Gasteiger partial charge in [-0.3, -0.25) is 0 Å². The first-order chi connectivity index (χ1) is 12.3. The lowest BCUT2D eigenvalue weighted by molar-refractivity contribution is -0.403. The maximum absolute atomic E-state index is 5.84. The van der Waals surface area contributed by atoms with E-state index in [0.29, 0.717) is 24.7 Å². The van der Waals surface area contributed by atoms with Crippen molar-refractivity contribution in [1.29, 1.82) is 0 Å². The topological polar surface area (TPSA) is 46.2 Å². The van der Waals surface area contributed by atoms with E-state index in [1.807, 2.05) is 36.4 Å². The molecule has 0 bridgehead atoms. The first-order valence-electron chi connectivity index (χ1n) is 8.48. The molecule has 0 amide bonds. The summed E-state index contributed by atoms with van der Waals surface area (Å²) in [5.41, 5.74) is 2.12. The minimum atomic E-state index is -0.188. The molecule has 4 atom stereocenters. The molecule has 132 valence electrons. The maximum atomic E-state index is 5.84. The zero-order chi connectivity index (χ0) is 17.2. The van der Waals surface area contributed by atoms with E-state index >= 15 is 0 Å². The Kier molecular flexibility index (Phi) is 4.61. The molecule has 0 unspecified atom stereocenters. The predicted molar refractivity (Wildman–Crippen MR) is 91.4 cm³/mol. The molecule has 5 heteroatoms. The first-order valence-corrected chi connectivity index (χ1v) is 8.48. The highest BCUT2D eigenvalue weighted by molar-refractivity contribution is 5.43. The molecule has 2 aromatic rings. The Labute approximate surface area is 147 Å². The van der Waals surface area contributed by atoms with Gasteiger partial charge in [0, 0.05) is 11.8 Å². The van der Waals surface area contributed by atoms with Gasteiger partial charge >= 0.3 is 0 Å². The van der Waals surface area contributed by atoms with Crippen LogP contribution in [0.25, 0.3) is 0 Å². The predicted octanol–water partition coefficient (Wildman–Crippen LogP) is 3.71. The first kappa shape index (κ1) is 16.4. The number of rotatable bonds is 4. The van der Waals surface area contributed by atoms with Gasteiger partial charge in [0.05, 0.1) is 27.4 Å². The van der Waals surface area contributed by atoms with Gasteiger partial charge in [0.1, 0.15) is 12.2 Å². The van der Waals surface area contributed by atoms with Crippen LogP contribution in [0.15, 0.2) is 48.5 Å². The number of ether oxygens (including phenoxy) is 3. The van der Waals surface area contributed by atoms with Crippen LogP contribution in [0.2, 0.25) is 0 Å². The van der Waals surface area contributed by atoms with Crippen LogP contribution in [0.5, 0.6) is 11.5 Å². The molecule has 2 aliphatic rings. The highest BCUT2D eigenvalue weighted by Gasteiger charge is 2.46. The Bertz CT molecular complexity index is 717. The summed E-state index contributed by atoms with van der Waals surface area (Å²) in [6.45, 7) is 1.34. The zero-order valence-electron chi connectivity index (χ0n) is 14.4. The lowest BCUT2D eigenvalue weighted by Gasteiger charge is -2.37. The SMILES string of the molecule is COc1ccc([C@H]2OO[C@@H](c3ccccc3)[C@H]3COC[C@@H]32)cc1OC. The third-order valence-corrected chi connectivity index (χ3v) is 5.08. The molecule has 2 heterocycles. The molecular formula is C20H22O5. The average molecular weight is 342 g/mol. The molecule has 0 spiro atoms. The fraction of sp³-hybridized carbons (Fsp3) is 0.400. The van der Waals surface area contributed by atoms with E-state index in [2.05, 4.69) is 12.1 Å². The van der Waals surface area contributed by atoms with Crippen molar-refractivity contribution >= 4 is 0 Å². The number of hydrogen-bond donors (Lipinski definition) is 0. The van der Waals surface area contributed by atoms with Crippen molar-refractivity contribution in [3.63, 3.8) is 0 Å². The maximum Gasteiger partial charge on any atom is 0.161 e. The summed E-state index contributed by atoms with van der Waals surface area (Å²) in [7, 11) is 3.26. The van der Waals surface area contributed by atoms with Crippen molar-refractivity contribution in [2.24, 2.45) is 11.8 Å². The second kappa shape index (κ2) is 7.04. The Morgan fingerprint density at radius 2 is 1.40 bits per heavy atom. The van der Waals surface area contributed by atoms with E-state index in [1.165, 1.54) is 0 Å². The molecule has 0 saturated carbocycles. The minimum Gasteiger partial charge on any atom is -0.493 e. The fourth-order valence-corrected chi connectivity index (χ4v) is 3.75. The zero-order valence-corrected chi connectivity index (χ0v) is 14.4. The van der Waals surface area contributed by atoms with Crippen molar-refractivity contribution in [3.05, 3.63) is 59.7 Å². The molecular weight excluding hydrogens is 320 g/mol. The number of fused-ring (bicyclic) bond motifs is 1. The van der Waals surface area contributed by atoms with Crippen molar-refractivity contribution in [2.45, 2.75) is 12.2 Å². The van der Waals surface area contributed by atoms with E-state index in [-0.39, 0.29) is 24.0 Å². The van der Waals surface area contributed by atoms with Crippen LogP contribution in [0.3, 0.4) is 0 Å². The molecule has 2 aliphatic heterocycles. The van der Waals surface area contributed by atoms with E-state index < -0.39 is 0 Å². The van der Waals surface area contributed by atoms with Gasteiger partial charge in [-0.25, -0.2) is 9.78 Å². The van der Waals surface area contributed by atoms with Crippen LogP contribution >= 0.6 is 0 Å². The molecule has 0 N–H and O–H groups in total. The molecule has 4 rings (SSSR count). The second-order valence-electron chi connectivity index (χ2n) is 6.42. The quantitative estimate of drug-likeness (QED) is 0.793. The number of benzene rings is 2. The van der Waals surface area contributed by atoms with Crippen molar-refractivity contribution in [1.82, 2.24) is 0 Å². The van der Waals surface area contributed by atoms with E-state index in [1.54, 1.807) is 14.2 Å². The van der Waals surface area contributed by atoms with Crippen molar-refractivity contribution in [2.75, 3.05) is 27.4 Å². The van der Waals surface area contributed by atoms with E-state index in [9.17, 15) is 0 Å². The standard InChI is InChI=1S/C20H22O5/c1-21-17-9-8-14(10-18(17)22-2)20-16-12-23-11-15(16)19(24-25-20)13-6-4-3-5-7-13/h3-10,15-16,19-20H,11-12H2,1-2H3/t15-,16-,19-,20+/m0/s1. The minimum absolute atomic E-state index is 0.106. The van der Waals surface area contributed by atoms with Crippen LogP contribution in [0, 0.1) is 11.8 Å². The molecule has 25 heavy (non-hydrogen) atoms. The molecule has 2 fully saturated rings. The van der Waals surface area contributed by atoms with Crippen molar-refractivity contribution < 1.29 is 24.0 Å². The summed E-state index contributed by atoms with van der Waals surface area (Å²) >= 11 is 0. The summed E-state index contributed by atoms with van der Waals surface area (Å²) in [6.07, 6.45) is -0.294. The van der Waals surface area contributed by atoms with Crippen LogP contribution in [0.1, 0.15) is 23.3 Å². The summed E-state index contributed by atoms with van der Waals surface area (Å²) < 4.78 is 16.5. The summed E-state index contributed by atoms with van der Waals surface area (Å²) in [4.78, 5) is 11.7. The van der Waals surface area contributed by atoms with E-state index in [4.69, 9.17) is 24.0 Å². The van der Waals surface area contributed by atoms with Gasteiger partial charge in [-0.2, -0.15) is 0 Å². The second-order valence-corrected chi connectivity index (χ2v) is 6.42. The van der Waals surface area contributed by atoms with Gasteiger partial charge in [0.25, 0.3) is 0 Å². The summed E-state index contributed by atoms with van der Waals surface area (Å²) in [5, 5.41) is 0. The Balaban J connectivity index is 1.61. The van der Waals surface area contributed by atoms with Crippen LogP contribution in [-0.2, 0) is 14.5 Å².